The first kappa shape index (κ1) is 14.3. The fourth-order valence-corrected chi connectivity index (χ4v) is 2.41. The molecule has 0 saturated carbocycles. The molecule has 0 spiro atoms. The SMILES string of the molecule is O=c1occ(O)n1CCCCOc1cccc2ccccc12. The lowest BCUT2D eigenvalue weighted by atomic mass is 10.1. The molecule has 0 unspecified atom stereocenters. The van der Waals surface area contributed by atoms with Crippen LogP contribution in [0.3, 0.4) is 0 Å². The van der Waals surface area contributed by atoms with E-state index in [-0.39, 0.29) is 5.88 Å². The molecule has 0 fully saturated rings. The molecule has 0 aliphatic carbocycles. The maximum atomic E-state index is 11.3. The van der Waals surface area contributed by atoms with Crippen LogP contribution in [0.4, 0.5) is 0 Å². The predicted octanol–water partition coefficient (Wildman–Crippen LogP) is 3.16. The number of ether oxygens (including phenoxy) is 1. The van der Waals surface area contributed by atoms with Crippen molar-refractivity contribution in [2.75, 3.05) is 6.61 Å². The molecule has 3 aromatic rings. The average Bonchev–Trinajstić information content (AvgIpc) is 2.86. The van der Waals surface area contributed by atoms with Crippen LogP contribution in [-0.4, -0.2) is 16.3 Å². The number of rotatable bonds is 6. The zero-order valence-electron chi connectivity index (χ0n) is 12.1. The number of hydrogen-bond acceptors (Lipinski definition) is 4. The van der Waals surface area contributed by atoms with Gasteiger partial charge in [0, 0.05) is 11.9 Å². The van der Waals surface area contributed by atoms with Crippen LogP contribution in [0.1, 0.15) is 12.8 Å². The molecule has 114 valence electrons. The first-order valence-electron chi connectivity index (χ1n) is 7.23. The maximum absolute atomic E-state index is 11.3. The van der Waals surface area contributed by atoms with Crippen LogP contribution in [0.5, 0.6) is 11.6 Å². The molecule has 0 aliphatic rings. The van der Waals surface area contributed by atoms with Crippen molar-refractivity contribution in [3.05, 3.63) is 59.3 Å². The number of aromatic hydroxyl groups is 1. The summed E-state index contributed by atoms with van der Waals surface area (Å²) in [5, 5.41) is 11.7. The van der Waals surface area contributed by atoms with Gasteiger partial charge in [-0.15, -0.1) is 0 Å². The monoisotopic (exact) mass is 299 g/mol. The van der Waals surface area contributed by atoms with Crippen LogP contribution in [0.25, 0.3) is 10.8 Å². The summed E-state index contributed by atoms with van der Waals surface area (Å²) >= 11 is 0. The highest BCUT2D eigenvalue weighted by molar-refractivity contribution is 5.88. The summed E-state index contributed by atoms with van der Waals surface area (Å²) in [6, 6.07) is 14.1. The molecular formula is C17H17NO4. The molecule has 0 radical (unpaired) electrons. The Bertz CT molecular complexity index is 813. The Labute approximate surface area is 127 Å². The van der Waals surface area contributed by atoms with Crippen LogP contribution >= 0.6 is 0 Å². The van der Waals surface area contributed by atoms with Gasteiger partial charge in [0.15, 0.2) is 6.26 Å². The summed E-state index contributed by atoms with van der Waals surface area (Å²) in [4.78, 5) is 11.3. The second kappa shape index (κ2) is 6.39. The lowest BCUT2D eigenvalue weighted by molar-refractivity contribution is 0.303. The van der Waals surface area contributed by atoms with Gasteiger partial charge in [0.2, 0.25) is 5.88 Å². The Balaban J connectivity index is 1.54. The van der Waals surface area contributed by atoms with Crippen molar-refractivity contribution in [2.24, 2.45) is 0 Å². The van der Waals surface area contributed by atoms with Gasteiger partial charge in [-0.2, -0.15) is 0 Å². The fraction of sp³-hybridized carbons (Fsp3) is 0.235. The van der Waals surface area contributed by atoms with E-state index in [1.165, 1.54) is 4.57 Å². The molecule has 2 aromatic carbocycles. The third-order valence-corrected chi connectivity index (χ3v) is 3.55. The molecule has 0 atom stereocenters. The molecule has 1 aromatic heterocycles. The van der Waals surface area contributed by atoms with Crippen molar-refractivity contribution in [2.45, 2.75) is 19.4 Å². The molecule has 1 heterocycles. The predicted molar refractivity (Wildman–Crippen MR) is 83.3 cm³/mol. The quantitative estimate of drug-likeness (QED) is 0.710. The van der Waals surface area contributed by atoms with Crippen LogP contribution in [0.15, 0.2) is 57.9 Å². The van der Waals surface area contributed by atoms with Gasteiger partial charge in [-0.3, -0.25) is 0 Å². The van der Waals surface area contributed by atoms with E-state index in [4.69, 9.17) is 4.74 Å². The minimum Gasteiger partial charge on any atom is -0.493 e. The largest absolute Gasteiger partial charge is 0.493 e. The van der Waals surface area contributed by atoms with Crippen molar-refractivity contribution in [3.8, 4) is 11.6 Å². The molecular weight excluding hydrogens is 282 g/mol. The van der Waals surface area contributed by atoms with Crippen LogP contribution in [0.2, 0.25) is 0 Å². The second-order valence-corrected chi connectivity index (χ2v) is 5.04. The summed E-state index contributed by atoms with van der Waals surface area (Å²) < 4.78 is 11.6. The molecule has 1 N–H and O–H groups in total. The minimum atomic E-state index is -0.535. The third kappa shape index (κ3) is 2.98. The Morgan fingerprint density at radius 2 is 1.91 bits per heavy atom. The molecule has 0 aliphatic heterocycles. The number of unbranched alkanes of at least 4 members (excludes halogenated alkanes) is 1. The van der Waals surface area contributed by atoms with Crippen molar-refractivity contribution < 1.29 is 14.3 Å². The highest BCUT2D eigenvalue weighted by Gasteiger charge is 2.06. The van der Waals surface area contributed by atoms with E-state index in [0.29, 0.717) is 13.2 Å². The normalized spacial score (nSPS) is 10.9. The first-order chi connectivity index (χ1) is 10.8. The zero-order valence-corrected chi connectivity index (χ0v) is 12.1. The summed E-state index contributed by atoms with van der Waals surface area (Å²) in [5.41, 5.74) is 0. The highest BCUT2D eigenvalue weighted by Crippen LogP contribution is 2.25. The van der Waals surface area contributed by atoms with Gasteiger partial charge in [0.05, 0.1) is 6.61 Å². The van der Waals surface area contributed by atoms with Crippen LogP contribution < -0.4 is 10.5 Å². The standard InChI is InChI=1S/C17H17NO4/c19-16-12-22-17(20)18(16)10-3-4-11-21-15-9-5-7-13-6-1-2-8-14(13)15/h1-2,5-9,12,19H,3-4,10-11H2. The van der Waals surface area contributed by atoms with Crippen molar-refractivity contribution in [3.63, 3.8) is 0 Å². The minimum absolute atomic E-state index is 0.139. The van der Waals surface area contributed by atoms with Crippen molar-refractivity contribution >= 4 is 10.8 Å². The number of oxazole rings is 1. The zero-order chi connectivity index (χ0) is 15.4. The smallest absolute Gasteiger partial charge is 0.421 e. The summed E-state index contributed by atoms with van der Waals surface area (Å²) in [6.45, 7) is 0.974. The highest BCUT2D eigenvalue weighted by atomic mass is 16.5. The van der Waals surface area contributed by atoms with E-state index in [0.717, 1.165) is 35.6 Å². The van der Waals surface area contributed by atoms with Gasteiger partial charge in [0.25, 0.3) is 0 Å². The van der Waals surface area contributed by atoms with E-state index in [9.17, 15) is 9.90 Å². The van der Waals surface area contributed by atoms with E-state index < -0.39 is 5.76 Å². The number of fused-ring (bicyclic) bond motifs is 1. The number of benzene rings is 2. The van der Waals surface area contributed by atoms with Crippen molar-refractivity contribution in [1.82, 2.24) is 4.57 Å². The molecule has 5 nitrogen and oxygen atoms in total. The lowest BCUT2D eigenvalue weighted by Crippen LogP contribution is -2.14. The van der Waals surface area contributed by atoms with E-state index in [1.807, 2.05) is 30.3 Å². The Hall–Kier alpha value is -2.69. The van der Waals surface area contributed by atoms with Gasteiger partial charge in [-0.1, -0.05) is 36.4 Å². The number of nitrogens with zero attached hydrogens (tertiary/aromatic N) is 1. The second-order valence-electron chi connectivity index (χ2n) is 5.04. The molecule has 3 rings (SSSR count). The van der Waals surface area contributed by atoms with Crippen molar-refractivity contribution in [1.29, 1.82) is 0 Å². The Morgan fingerprint density at radius 1 is 1.09 bits per heavy atom. The van der Waals surface area contributed by atoms with E-state index in [2.05, 4.69) is 16.5 Å². The molecule has 0 bridgehead atoms. The van der Waals surface area contributed by atoms with Gasteiger partial charge < -0.3 is 14.3 Å². The van der Waals surface area contributed by atoms with Gasteiger partial charge >= 0.3 is 5.76 Å². The van der Waals surface area contributed by atoms with Crippen LogP contribution in [-0.2, 0) is 6.54 Å². The first-order valence-corrected chi connectivity index (χ1v) is 7.23. The van der Waals surface area contributed by atoms with Gasteiger partial charge in [-0.25, -0.2) is 9.36 Å². The molecule has 22 heavy (non-hydrogen) atoms. The maximum Gasteiger partial charge on any atom is 0.421 e. The lowest BCUT2D eigenvalue weighted by Gasteiger charge is -2.09. The van der Waals surface area contributed by atoms with E-state index >= 15 is 0 Å². The molecule has 0 amide bonds. The van der Waals surface area contributed by atoms with Gasteiger partial charge in [0.1, 0.15) is 5.75 Å². The van der Waals surface area contributed by atoms with Gasteiger partial charge in [-0.05, 0) is 24.3 Å². The summed E-state index contributed by atoms with van der Waals surface area (Å²) in [5.74, 6) is 0.189. The van der Waals surface area contributed by atoms with Crippen LogP contribution in [0, 0.1) is 0 Å². The number of hydrogen-bond donors (Lipinski definition) is 1. The fourth-order valence-electron chi connectivity index (χ4n) is 2.41. The molecule has 5 heteroatoms. The average molecular weight is 299 g/mol. The Morgan fingerprint density at radius 3 is 2.73 bits per heavy atom. The topological polar surface area (TPSA) is 64.6 Å². The Kier molecular flexibility index (Phi) is 4.14. The summed E-state index contributed by atoms with van der Waals surface area (Å²) in [7, 11) is 0. The molecule has 0 saturated heterocycles. The number of aromatic nitrogens is 1. The summed E-state index contributed by atoms with van der Waals surface area (Å²) in [6.07, 6.45) is 2.55. The third-order valence-electron chi connectivity index (χ3n) is 3.55. The van der Waals surface area contributed by atoms with E-state index in [1.54, 1.807) is 0 Å².